The number of rotatable bonds is 0. The van der Waals surface area contributed by atoms with E-state index in [9.17, 15) is 0 Å². The Hall–Kier alpha value is -0.450. The summed E-state index contributed by atoms with van der Waals surface area (Å²) < 4.78 is 1.15. The zero-order valence-electron chi connectivity index (χ0n) is 5.56. The molecule has 5 heteroatoms. The van der Waals surface area contributed by atoms with E-state index in [4.69, 9.17) is 9.90 Å². The standard InChI is InChI=1S/C4H3N2.CH2O2.Na/c1-2-5-4-6-3-1;2-1-3;/h1-2,4H;1H,(H,2,3);. The Kier molecular flexibility index (Phi) is 6.37. The molecule has 10 heavy (non-hydrogen) atoms. The molecule has 1 aromatic heterocycles. The van der Waals surface area contributed by atoms with Gasteiger partial charge in [-0.3, -0.25) is 4.79 Å². The van der Waals surface area contributed by atoms with E-state index in [1.807, 2.05) is 6.07 Å². The summed E-state index contributed by atoms with van der Waals surface area (Å²) in [4.78, 5) is 16.0. The van der Waals surface area contributed by atoms with Gasteiger partial charge in [0.15, 0.2) is 0 Å². The first-order valence-electron chi connectivity index (χ1n) is 2.61. The van der Waals surface area contributed by atoms with Crippen molar-refractivity contribution in [3.05, 3.63) is 18.6 Å². The van der Waals surface area contributed by atoms with Crippen LogP contribution in [-0.4, -0.2) is 49.5 Å². The van der Waals surface area contributed by atoms with Crippen molar-refractivity contribution in [3.63, 3.8) is 0 Å². The van der Waals surface area contributed by atoms with E-state index in [2.05, 4.69) is 9.97 Å². The number of carboxylic acid groups (broad SMARTS) is 1. The van der Waals surface area contributed by atoms with Crippen molar-refractivity contribution in [1.29, 1.82) is 0 Å². The summed E-state index contributed by atoms with van der Waals surface area (Å²) in [7, 11) is 0. The van der Waals surface area contributed by atoms with E-state index in [1.165, 1.54) is 0 Å². The van der Waals surface area contributed by atoms with Crippen LogP contribution in [0, 0.1) is 0 Å². The third kappa shape index (κ3) is 5.68. The van der Waals surface area contributed by atoms with Crippen molar-refractivity contribution in [1.82, 2.24) is 9.97 Å². The second kappa shape index (κ2) is 6.67. The van der Waals surface area contributed by atoms with Crippen LogP contribution < -0.4 is 2.94 Å². The van der Waals surface area contributed by atoms with E-state index in [0.717, 1.165) is 30.9 Å². The van der Waals surface area contributed by atoms with Gasteiger partial charge in [0.1, 0.15) is 0 Å². The first kappa shape index (κ1) is 9.55. The van der Waals surface area contributed by atoms with Crippen LogP contribution in [0.4, 0.5) is 0 Å². The fraction of sp³-hybridized carbons (Fsp3) is 0. The summed E-state index contributed by atoms with van der Waals surface area (Å²) in [5.41, 5.74) is 0. The molecule has 0 atom stereocenters. The van der Waals surface area contributed by atoms with Gasteiger partial charge in [-0.15, -0.1) is 0 Å². The maximum atomic E-state index is 8.36. The molecule has 4 nitrogen and oxygen atoms in total. The van der Waals surface area contributed by atoms with Gasteiger partial charge in [-0.05, 0) is 0 Å². The minimum absolute atomic E-state index is 0.250. The summed E-state index contributed by atoms with van der Waals surface area (Å²) in [5.74, 6) is 0. The normalized spacial score (nSPS) is 7.40. The Morgan fingerprint density at radius 2 is 2.30 bits per heavy atom. The molecule has 0 saturated carbocycles. The van der Waals surface area contributed by atoms with Crippen LogP contribution in [0.3, 0.4) is 0 Å². The predicted octanol–water partition coefficient (Wildman–Crippen LogP) is -1.03. The molecule has 0 aromatic carbocycles. The molecule has 0 spiro atoms. The number of nitrogens with zero attached hydrogens (tertiary/aromatic N) is 2. The van der Waals surface area contributed by atoms with Crippen molar-refractivity contribution in [2.45, 2.75) is 0 Å². The van der Waals surface area contributed by atoms with Crippen LogP contribution in [0.5, 0.6) is 0 Å². The first-order valence-corrected chi connectivity index (χ1v) is 3.61. The van der Waals surface area contributed by atoms with Crippen molar-refractivity contribution in [3.8, 4) is 0 Å². The summed E-state index contributed by atoms with van der Waals surface area (Å²) >= 11 is 1.02. The number of hydrogen-bond donors (Lipinski definition) is 1. The van der Waals surface area contributed by atoms with Crippen molar-refractivity contribution in [2.24, 2.45) is 0 Å². The van der Waals surface area contributed by atoms with Gasteiger partial charge in [0.2, 0.25) is 0 Å². The molecule has 1 heterocycles. The molecule has 0 unspecified atom stereocenters. The van der Waals surface area contributed by atoms with E-state index < -0.39 is 0 Å². The van der Waals surface area contributed by atoms with Gasteiger partial charge in [0.25, 0.3) is 6.47 Å². The third-order valence-electron chi connectivity index (χ3n) is 0.730. The number of aromatic nitrogens is 2. The van der Waals surface area contributed by atoms with Crippen molar-refractivity contribution >= 4 is 37.3 Å². The monoisotopic (exact) mass is 148 g/mol. The van der Waals surface area contributed by atoms with Crippen molar-refractivity contribution < 1.29 is 9.90 Å². The second-order valence-electron chi connectivity index (χ2n) is 1.46. The second-order valence-corrected chi connectivity index (χ2v) is 2.48. The molecule has 0 fully saturated rings. The fourth-order valence-electron chi connectivity index (χ4n) is 0.357. The van der Waals surface area contributed by atoms with Crippen LogP contribution in [0.1, 0.15) is 0 Å². The molecule has 0 aliphatic carbocycles. The van der Waals surface area contributed by atoms with Crippen molar-refractivity contribution in [2.75, 3.05) is 0 Å². The predicted molar refractivity (Wildman–Crippen MR) is 36.1 cm³/mol. The summed E-state index contributed by atoms with van der Waals surface area (Å²) in [6.07, 6.45) is 3.33. The quantitative estimate of drug-likeness (QED) is 0.377. The molecule has 0 saturated heterocycles. The maximum absolute atomic E-state index is 8.36. The Bertz CT molecular complexity index is 180. The topological polar surface area (TPSA) is 63.1 Å². The molecule has 1 rings (SSSR count). The first-order chi connectivity index (χ1) is 4.81. The van der Waals surface area contributed by atoms with E-state index in [1.54, 1.807) is 12.5 Å². The van der Waals surface area contributed by atoms with Crippen LogP contribution in [0.2, 0.25) is 0 Å². The molecule has 0 radical (unpaired) electrons. The Labute approximate surface area is 75.7 Å². The molecule has 0 bridgehead atoms. The van der Waals surface area contributed by atoms with Crippen LogP contribution >= 0.6 is 0 Å². The van der Waals surface area contributed by atoms with Crippen LogP contribution in [0.15, 0.2) is 18.6 Å². The number of hydrogen-bond acceptors (Lipinski definition) is 3. The molecular weight excluding hydrogens is 143 g/mol. The van der Waals surface area contributed by atoms with E-state index in [-0.39, 0.29) is 6.47 Å². The Morgan fingerprint density at radius 3 is 2.50 bits per heavy atom. The minimum atomic E-state index is -0.250. The van der Waals surface area contributed by atoms with Gasteiger partial charge in [-0.2, -0.15) is 0 Å². The van der Waals surface area contributed by atoms with E-state index in [0.29, 0.717) is 0 Å². The van der Waals surface area contributed by atoms with Gasteiger partial charge < -0.3 is 5.11 Å². The van der Waals surface area contributed by atoms with Gasteiger partial charge in [-0.1, -0.05) is 0 Å². The van der Waals surface area contributed by atoms with Gasteiger partial charge in [0.05, 0.1) is 0 Å². The molecule has 1 aromatic rings. The van der Waals surface area contributed by atoms with E-state index >= 15 is 0 Å². The van der Waals surface area contributed by atoms with Gasteiger partial charge >= 0.3 is 59.4 Å². The summed E-state index contributed by atoms with van der Waals surface area (Å²) in [6.45, 7) is -0.250. The summed E-state index contributed by atoms with van der Waals surface area (Å²) in [5, 5.41) is 6.89. The van der Waals surface area contributed by atoms with Gasteiger partial charge in [0, 0.05) is 0 Å². The molecule has 0 aliphatic rings. The average molecular weight is 148 g/mol. The zero-order chi connectivity index (χ0) is 7.82. The third-order valence-corrected chi connectivity index (χ3v) is 1.32. The molecule has 48 valence electrons. The fourth-order valence-corrected chi connectivity index (χ4v) is 0.621. The molecule has 1 N–H and O–H groups in total. The SMILES string of the molecule is O=CO.[Na][c]1ccncn1. The average Bonchev–Trinajstić information content (AvgIpc) is 1.91. The van der Waals surface area contributed by atoms with Crippen LogP contribution in [-0.2, 0) is 4.79 Å². The molecule has 0 aliphatic heterocycles. The van der Waals surface area contributed by atoms with Gasteiger partial charge in [-0.25, -0.2) is 0 Å². The molecule has 0 amide bonds. The zero-order valence-corrected chi connectivity index (χ0v) is 7.56. The Morgan fingerprint density at radius 1 is 1.70 bits per heavy atom. The van der Waals surface area contributed by atoms with Crippen LogP contribution in [0.25, 0.3) is 0 Å². The molecular formula is C5H5N2NaO2. The summed E-state index contributed by atoms with van der Waals surface area (Å²) in [6, 6.07) is 1.92. The number of carbonyl (C=O) groups is 1. The Balaban J connectivity index is 0.000000236.